The summed E-state index contributed by atoms with van der Waals surface area (Å²) in [5, 5.41) is 0. The molecule has 21 heavy (non-hydrogen) atoms. The van der Waals surface area contributed by atoms with E-state index in [1.807, 2.05) is 32.0 Å². The van der Waals surface area contributed by atoms with Gasteiger partial charge in [-0.25, -0.2) is 8.42 Å². The van der Waals surface area contributed by atoms with Gasteiger partial charge in [0.05, 0.1) is 10.6 Å². The first-order valence-electron chi connectivity index (χ1n) is 6.37. The van der Waals surface area contributed by atoms with E-state index in [0.29, 0.717) is 21.4 Å². The summed E-state index contributed by atoms with van der Waals surface area (Å²) in [4.78, 5) is 0.178. The molecule has 4 nitrogen and oxygen atoms in total. The number of hydrogen-bond donors (Lipinski definition) is 2. The fourth-order valence-electron chi connectivity index (χ4n) is 2.12. The molecule has 0 unspecified atom stereocenters. The van der Waals surface area contributed by atoms with Crippen LogP contribution in [0.2, 0.25) is 0 Å². The third-order valence-corrected chi connectivity index (χ3v) is 5.31. The van der Waals surface area contributed by atoms with E-state index in [1.54, 1.807) is 19.1 Å². The highest BCUT2D eigenvalue weighted by atomic mass is 79.9. The third kappa shape index (κ3) is 3.22. The van der Waals surface area contributed by atoms with Crippen LogP contribution in [-0.2, 0) is 10.0 Å². The fourth-order valence-corrected chi connectivity index (χ4v) is 4.25. The van der Waals surface area contributed by atoms with Crippen LogP contribution in [0, 0.1) is 20.8 Å². The molecule has 0 aliphatic carbocycles. The second-order valence-corrected chi connectivity index (χ2v) is 7.56. The van der Waals surface area contributed by atoms with E-state index in [4.69, 9.17) is 5.73 Å². The number of nitrogen functional groups attached to an aromatic ring is 1. The van der Waals surface area contributed by atoms with E-state index in [9.17, 15) is 8.42 Å². The quantitative estimate of drug-likeness (QED) is 0.810. The number of halogens is 1. The van der Waals surface area contributed by atoms with E-state index >= 15 is 0 Å². The number of hydrogen-bond acceptors (Lipinski definition) is 3. The van der Waals surface area contributed by atoms with Crippen molar-refractivity contribution in [2.75, 3.05) is 10.5 Å². The zero-order chi connectivity index (χ0) is 15.8. The average Bonchev–Trinajstić information content (AvgIpc) is 2.38. The van der Waals surface area contributed by atoms with Gasteiger partial charge in [-0.05, 0) is 49.6 Å². The minimum absolute atomic E-state index is 0.178. The Balaban J connectivity index is 2.54. The SMILES string of the molecule is Cc1cccc(C)c1NS(=O)(=O)c1cc(Br)cc(N)c1C. The molecular weight excluding hydrogens is 352 g/mol. The number of para-hydroxylation sites is 1. The molecule has 2 aromatic rings. The van der Waals surface area contributed by atoms with Gasteiger partial charge < -0.3 is 5.73 Å². The van der Waals surface area contributed by atoms with Crippen LogP contribution < -0.4 is 10.5 Å². The molecule has 0 bridgehead atoms. The number of benzene rings is 2. The van der Waals surface area contributed by atoms with Crippen molar-refractivity contribution in [1.82, 2.24) is 0 Å². The summed E-state index contributed by atoms with van der Waals surface area (Å²) in [6.45, 7) is 5.43. The van der Waals surface area contributed by atoms with Crippen LogP contribution in [0.15, 0.2) is 39.7 Å². The molecule has 6 heteroatoms. The van der Waals surface area contributed by atoms with Crippen LogP contribution in [0.4, 0.5) is 11.4 Å². The highest BCUT2D eigenvalue weighted by Crippen LogP contribution is 2.29. The number of nitrogens with one attached hydrogen (secondary N) is 1. The normalized spacial score (nSPS) is 11.4. The Bertz CT molecular complexity index is 781. The lowest BCUT2D eigenvalue weighted by atomic mass is 10.1. The second kappa shape index (κ2) is 5.69. The van der Waals surface area contributed by atoms with Gasteiger partial charge in [0, 0.05) is 10.2 Å². The summed E-state index contributed by atoms with van der Waals surface area (Å²) in [6, 6.07) is 8.87. The molecule has 0 heterocycles. The van der Waals surface area contributed by atoms with Crippen LogP contribution in [0.25, 0.3) is 0 Å². The monoisotopic (exact) mass is 368 g/mol. The van der Waals surface area contributed by atoms with Crippen molar-refractivity contribution in [2.24, 2.45) is 0 Å². The average molecular weight is 369 g/mol. The van der Waals surface area contributed by atoms with Gasteiger partial charge in [0.1, 0.15) is 0 Å². The number of nitrogens with two attached hydrogens (primary N) is 1. The van der Waals surface area contributed by atoms with Crippen molar-refractivity contribution >= 4 is 37.3 Å². The molecule has 112 valence electrons. The van der Waals surface area contributed by atoms with Crippen molar-refractivity contribution in [2.45, 2.75) is 25.7 Å². The highest BCUT2D eigenvalue weighted by Gasteiger charge is 2.20. The summed E-state index contributed by atoms with van der Waals surface area (Å²) < 4.78 is 28.6. The highest BCUT2D eigenvalue weighted by molar-refractivity contribution is 9.10. The van der Waals surface area contributed by atoms with Crippen LogP contribution in [0.5, 0.6) is 0 Å². The lowest BCUT2D eigenvalue weighted by molar-refractivity contribution is 0.600. The summed E-state index contributed by atoms with van der Waals surface area (Å²) >= 11 is 3.28. The van der Waals surface area contributed by atoms with E-state index in [-0.39, 0.29) is 4.90 Å². The maximum Gasteiger partial charge on any atom is 0.262 e. The largest absolute Gasteiger partial charge is 0.398 e. The molecule has 0 saturated heterocycles. The molecule has 0 atom stereocenters. The molecule has 0 aliphatic heterocycles. The predicted molar refractivity (Wildman–Crippen MR) is 90.0 cm³/mol. The molecule has 0 radical (unpaired) electrons. The Morgan fingerprint density at radius 2 is 1.67 bits per heavy atom. The lowest BCUT2D eigenvalue weighted by Crippen LogP contribution is -2.16. The van der Waals surface area contributed by atoms with Gasteiger partial charge in [-0.15, -0.1) is 0 Å². The zero-order valence-electron chi connectivity index (χ0n) is 12.1. The van der Waals surface area contributed by atoms with Gasteiger partial charge >= 0.3 is 0 Å². The maximum absolute atomic E-state index is 12.6. The Morgan fingerprint density at radius 3 is 2.24 bits per heavy atom. The molecule has 0 spiro atoms. The predicted octanol–water partition coefficient (Wildman–Crippen LogP) is 3.76. The van der Waals surface area contributed by atoms with Crippen LogP contribution >= 0.6 is 15.9 Å². The standard InChI is InChI=1S/C15H17BrN2O2S/c1-9-5-4-6-10(2)15(9)18-21(19,20)14-8-12(16)7-13(17)11(14)3/h4-8,18H,17H2,1-3H3. The van der Waals surface area contributed by atoms with Crippen molar-refractivity contribution in [3.05, 3.63) is 51.5 Å². The van der Waals surface area contributed by atoms with Gasteiger partial charge in [0.15, 0.2) is 0 Å². The second-order valence-electron chi connectivity index (χ2n) is 4.99. The summed E-state index contributed by atoms with van der Waals surface area (Å²) in [6.07, 6.45) is 0. The van der Waals surface area contributed by atoms with Gasteiger partial charge in [-0.1, -0.05) is 34.1 Å². The van der Waals surface area contributed by atoms with E-state index < -0.39 is 10.0 Å². The van der Waals surface area contributed by atoms with E-state index in [1.165, 1.54) is 0 Å². The van der Waals surface area contributed by atoms with Crippen molar-refractivity contribution < 1.29 is 8.42 Å². The molecule has 0 saturated carbocycles. The fraction of sp³-hybridized carbons (Fsp3) is 0.200. The van der Waals surface area contributed by atoms with E-state index in [0.717, 1.165) is 11.1 Å². The van der Waals surface area contributed by atoms with Crippen LogP contribution in [-0.4, -0.2) is 8.42 Å². The molecule has 3 N–H and O–H groups in total. The van der Waals surface area contributed by atoms with Gasteiger partial charge in [0.25, 0.3) is 10.0 Å². The van der Waals surface area contributed by atoms with Crippen molar-refractivity contribution in [3.63, 3.8) is 0 Å². The molecule has 0 aliphatic rings. The first-order valence-corrected chi connectivity index (χ1v) is 8.64. The summed E-state index contributed by atoms with van der Waals surface area (Å²) in [7, 11) is -3.69. The lowest BCUT2D eigenvalue weighted by Gasteiger charge is -2.15. The van der Waals surface area contributed by atoms with Crippen molar-refractivity contribution in [3.8, 4) is 0 Å². The first kappa shape index (κ1) is 15.9. The van der Waals surface area contributed by atoms with Crippen LogP contribution in [0.3, 0.4) is 0 Å². The summed E-state index contributed by atoms with van der Waals surface area (Å²) in [5.74, 6) is 0. The minimum atomic E-state index is -3.69. The molecule has 0 amide bonds. The Kier molecular flexibility index (Phi) is 4.30. The van der Waals surface area contributed by atoms with Crippen LogP contribution in [0.1, 0.15) is 16.7 Å². The topological polar surface area (TPSA) is 72.2 Å². The summed E-state index contributed by atoms with van der Waals surface area (Å²) in [5.41, 5.74) is 9.18. The van der Waals surface area contributed by atoms with Gasteiger partial charge in [-0.2, -0.15) is 0 Å². The number of sulfonamides is 1. The maximum atomic E-state index is 12.6. The molecule has 2 rings (SSSR count). The molecule has 0 fully saturated rings. The Morgan fingerprint density at radius 1 is 1.10 bits per heavy atom. The Labute approximate surface area is 133 Å². The smallest absolute Gasteiger partial charge is 0.262 e. The van der Waals surface area contributed by atoms with Crippen molar-refractivity contribution in [1.29, 1.82) is 0 Å². The van der Waals surface area contributed by atoms with Gasteiger partial charge in [-0.3, -0.25) is 4.72 Å². The molecule has 2 aromatic carbocycles. The first-order chi connectivity index (χ1) is 9.72. The third-order valence-electron chi connectivity index (χ3n) is 3.37. The van der Waals surface area contributed by atoms with E-state index in [2.05, 4.69) is 20.7 Å². The number of aryl methyl sites for hydroxylation is 2. The molecule has 0 aromatic heterocycles. The van der Waals surface area contributed by atoms with Gasteiger partial charge in [0.2, 0.25) is 0 Å². The Hall–Kier alpha value is -1.53. The minimum Gasteiger partial charge on any atom is -0.398 e. The molecular formula is C15H17BrN2O2S. The number of anilines is 2. The zero-order valence-corrected chi connectivity index (χ0v) is 14.5. The number of rotatable bonds is 3.